The minimum Gasteiger partial charge on any atom is -0.481 e. The second kappa shape index (κ2) is 12.4. The van der Waals surface area contributed by atoms with E-state index in [1.54, 1.807) is 6.20 Å². The van der Waals surface area contributed by atoms with Crippen molar-refractivity contribution in [3.05, 3.63) is 42.2 Å². The number of nitrogens with zero attached hydrogens (tertiary/aromatic N) is 1. The van der Waals surface area contributed by atoms with Crippen molar-refractivity contribution < 1.29 is 29.1 Å². The molecule has 2 aromatic rings. The molecule has 9 nitrogen and oxygen atoms in total. The highest BCUT2D eigenvalue weighted by molar-refractivity contribution is 6.06. The molecule has 36 heavy (non-hydrogen) atoms. The summed E-state index contributed by atoms with van der Waals surface area (Å²) in [5.41, 5.74) is 0.269. The Morgan fingerprint density at radius 1 is 1.11 bits per heavy atom. The van der Waals surface area contributed by atoms with Gasteiger partial charge in [-0.2, -0.15) is 0 Å². The molecule has 1 aliphatic rings. The molecule has 3 rings (SSSR count). The second-order valence-electron chi connectivity index (χ2n) is 9.73. The highest BCUT2D eigenvalue weighted by Crippen LogP contribution is 2.35. The molecule has 0 radical (unpaired) electrons. The molecule has 192 valence electrons. The van der Waals surface area contributed by atoms with Crippen LogP contribution < -0.4 is 10.6 Å². The van der Waals surface area contributed by atoms with Crippen LogP contribution in [0.15, 0.2) is 36.5 Å². The highest BCUT2D eigenvalue weighted by atomic mass is 16.4. The maximum atomic E-state index is 13.1. The number of amides is 2. The summed E-state index contributed by atoms with van der Waals surface area (Å²) in [5, 5.41) is 15.9. The molecule has 1 aromatic heterocycles. The number of rotatable bonds is 12. The second-order valence-corrected chi connectivity index (χ2v) is 9.73. The van der Waals surface area contributed by atoms with E-state index in [1.807, 2.05) is 44.2 Å². The van der Waals surface area contributed by atoms with E-state index in [2.05, 4.69) is 15.6 Å². The maximum Gasteiger partial charge on any atom is 0.305 e. The zero-order valence-corrected chi connectivity index (χ0v) is 20.6. The van der Waals surface area contributed by atoms with Gasteiger partial charge in [-0.3, -0.25) is 24.2 Å². The third-order valence-corrected chi connectivity index (χ3v) is 6.83. The number of fused-ring (bicyclic) bond motifs is 1. The van der Waals surface area contributed by atoms with E-state index in [-0.39, 0.29) is 41.6 Å². The zero-order valence-electron chi connectivity index (χ0n) is 20.6. The van der Waals surface area contributed by atoms with Crippen molar-refractivity contribution in [2.24, 2.45) is 17.8 Å². The smallest absolute Gasteiger partial charge is 0.305 e. The number of aldehydes is 1. The number of nitrogens with one attached hydrogen (secondary N) is 2. The Kier molecular flexibility index (Phi) is 9.27. The van der Waals surface area contributed by atoms with Gasteiger partial charge in [-0.1, -0.05) is 44.5 Å². The van der Waals surface area contributed by atoms with Gasteiger partial charge in [0.05, 0.1) is 18.5 Å². The van der Waals surface area contributed by atoms with Crippen molar-refractivity contribution in [3.8, 4) is 0 Å². The lowest BCUT2D eigenvalue weighted by Crippen LogP contribution is -2.45. The number of Topliss-reactive ketones (excluding diaryl/α,β-unsaturated/α-hetero) is 1. The van der Waals surface area contributed by atoms with Gasteiger partial charge >= 0.3 is 5.97 Å². The minimum atomic E-state index is -1.17. The topological polar surface area (TPSA) is 143 Å². The summed E-state index contributed by atoms with van der Waals surface area (Å²) in [6.45, 7) is 3.74. The lowest BCUT2D eigenvalue weighted by Gasteiger charge is -2.24. The fraction of sp³-hybridized carbons (Fsp3) is 0.481. The zero-order chi connectivity index (χ0) is 26.2. The van der Waals surface area contributed by atoms with Crippen LogP contribution in [0.4, 0.5) is 0 Å². The van der Waals surface area contributed by atoms with Gasteiger partial charge in [0.15, 0.2) is 5.78 Å². The quantitative estimate of drug-likeness (QED) is 0.384. The largest absolute Gasteiger partial charge is 0.481 e. The number of carbonyl (C=O) groups is 5. The number of benzene rings is 1. The molecule has 0 saturated heterocycles. The van der Waals surface area contributed by atoms with Crippen molar-refractivity contribution in [2.75, 3.05) is 0 Å². The van der Waals surface area contributed by atoms with E-state index in [1.165, 1.54) is 0 Å². The third kappa shape index (κ3) is 6.74. The van der Waals surface area contributed by atoms with E-state index in [4.69, 9.17) is 5.11 Å². The predicted molar refractivity (Wildman–Crippen MR) is 133 cm³/mol. The summed E-state index contributed by atoms with van der Waals surface area (Å²) in [6, 6.07) is 7.49. The van der Waals surface area contributed by atoms with Crippen molar-refractivity contribution in [1.29, 1.82) is 0 Å². The van der Waals surface area contributed by atoms with Crippen molar-refractivity contribution >= 4 is 40.6 Å². The lowest BCUT2D eigenvalue weighted by atomic mass is 9.87. The fourth-order valence-electron chi connectivity index (χ4n) is 4.95. The first kappa shape index (κ1) is 27.0. The predicted octanol–water partition coefficient (Wildman–Crippen LogP) is 2.91. The number of ketones is 1. The highest BCUT2D eigenvalue weighted by Gasteiger charge is 2.35. The molecule has 1 heterocycles. The molecule has 1 saturated carbocycles. The Labute approximate surface area is 210 Å². The molecule has 1 aliphatic carbocycles. The SMILES string of the molecule is CC(C)[C@H](NC(=O)c1nccc2ccccc12)C(=O)CCC1CCC[C@H]1C(=O)N[C@H](C=O)CC(=O)O. The van der Waals surface area contributed by atoms with Gasteiger partial charge in [-0.25, -0.2) is 0 Å². The lowest BCUT2D eigenvalue weighted by molar-refractivity contribution is -0.139. The van der Waals surface area contributed by atoms with Gasteiger partial charge in [-0.05, 0) is 42.6 Å². The Morgan fingerprint density at radius 2 is 1.86 bits per heavy atom. The van der Waals surface area contributed by atoms with Crippen LogP contribution in [0.25, 0.3) is 10.8 Å². The Hall–Kier alpha value is -3.62. The summed E-state index contributed by atoms with van der Waals surface area (Å²) in [6.07, 6.45) is 4.43. The van der Waals surface area contributed by atoms with Crippen LogP contribution in [0.1, 0.15) is 62.9 Å². The van der Waals surface area contributed by atoms with Crippen molar-refractivity contribution in [2.45, 2.75) is 64.5 Å². The molecule has 1 unspecified atom stereocenters. The standard InChI is InChI=1S/C27H33N3O6/c1-16(2)24(30-27(36)25-20-8-4-3-6-18(20)12-13-28-25)22(32)11-10-17-7-5-9-21(17)26(35)29-19(15-31)14-23(33)34/h3-4,6,8,12-13,15-17,19,21,24H,5,7,9-11,14H2,1-2H3,(H,29,35)(H,30,36)(H,33,34)/t17?,19-,21+,24-/m0/s1. The molecule has 1 fully saturated rings. The van der Waals surface area contributed by atoms with Gasteiger partial charge in [0, 0.05) is 23.9 Å². The molecule has 2 amide bonds. The Bertz CT molecular complexity index is 1130. The molecule has 0 bridgehead atoms. The first-order valence-corrected chi connectivity index (χ1v) is 12.4. The first-order chi connectivity index (χ1) is 17.2. The normalized spacial score (nSPS) is 19.0. The van der Waals surface area contributed by atoms with Crippen LogP contribution in [0, 0.1) is 17.8 Å². The number of aliphatic carboxylic acids is 1. The summed E-state index contributed by atoms with van der Waals surface area (Å²) in [5.74, 6) is -2.59. The number of aromatic nitrogens is 1. The van der Waals surface area contributed by atoms with Gasteiger partial charge in [0.25, 0.3) is 5.91 Å². The summed E-state index contributed by atoms with van der Waals surface area (Å²) < 4.78 is 0. The van der Waals surface area contributed by atoms with Crippen LogP contribution in [0.5, 0.6) is 0 Å². The van der Waals surface area contributed by atoms with Gasteiger partial charge < -0.3 is 20.5 Å². The minimum absolute atomic E-state index is 0.0469. The van der Waals surface area contributed by atoms with Crippen molar-refractivity contribution in [3.63, 3.8) is 0 Å². The summed E-state index contributed by atoms with van der Waals surface area (Å²) >= 11 is 0. The number of hydrogen-bond donors (Lipinski definition) is 3. The number of pyridine rings is 1. The Balaban J connectivity index is 1.62. The van der Waals surface area contributed by atoms with Gasteiger partial charge in [0.2, 0.25) is 5.91 Å². The molecular weight excluding hydrogens is 462 g/mol. The maximum absolute atomic E-state index is 13.1. The molecule has 0 aliphatic heterocycles. The van der Waals surface area contributed by atoms with Crippen LogP contribution in [0.3, 0.4) is 0 Å². The third-order valence-electron chi connectivity index (χ3n) is 6.83. The molecular formula is C27H33N3O6. The molecule has 9 heteroatoms. The van der Waals surface area contributed by atoms with E-state index in [0.29, 0.717) is 24.5 Å². The number of hydrogen-bond acceptors (Lipinski definition) is 6. The van der Waals surface area contributed by atoms with E-state index in [9.17, 15) is 24.0 Å². The molecule has 3 N–H and O–H groups in total. The van der Waals surface area contributed by atoms with Gasteiger partial charge in [-0.15, -0.1) is 0 Å². The fourth-order valence-corrected chi connectivity index (χ4v) is 4.95. The summed E-state index contributed by atoms with van der Waals surface area (Å²) in [4.78, 5) is 65.1. The number of carboxylic acids is 1. The summed E-state index contributed by atoms with van der Waals surface area (Å²) in [7, 11) is 0. The molecule has 4 atom stereocenters. The van der Waals surface area contributed by atoms with Crippen LogP contribution in [-0.4, -0.2) is 52.0 Å². The van der Waals surface area contributed by atoms with E-state index >= 15 is 0 Å². The average molecular weight is 496 g/mol. The first-order valence-electron chi connectivity index (χ1n) is 12.4. The number of carbonyl (C=O) groups excluding carboxylic acids is 4. The van der Waals surface area contributed by atoms with E-state index in [0.717, 1.165) is 18.2 Å². The monoisotopic (exact) mass is 495 g/mol. The van der Waals surface area contributed by atoms with Crippen molar-refractivity contribution in [1.82, 2.24) is 15.6 Å². The Morgan fingerprint density at radius 3 is 2.56 bits per heavy atom. The van der Waals surface area contributed by atoms with Gasteiger partial charge in [0.1, 0.15) is 12.0 Å². The van der Waals surface area contributed by atoms with E-state index < -0.39 is 30.4 Å². The van der Waals surface area contributed by atoms with Crippen LogP contribution in [-0.2, 0) is 19.2 Å². The molecule has 1 aromatic carbocycles. The van der Waals surface area contributed by atoms with Crippen LogP contribution in [0.2, 0.25) is 0 Å². The van der Waals surface area contributed by atoms with Crippen LogP contribution >= 0.6 is 0 Å². The molecule has 0 spiro atoms. The number of carboxylic acid groups (broad SMARTS) is 1. The average Bonchev–Trinajstić information content (AvgIpc) is 3.33.